The first-order valence-corrected chi connectivity index (χ1v) is 47.3. The molecule has 0 saturated carbocycles. The molecule has 3 heteroatoms. The zero-order valence-electron chi connectivity index (χ0n) is 116. The molecule has 686 valence electrons. The van der Waals surface area contributed by atoms with Gasteiger partial charge in [0.15, 0.2) is 0 Å². The Labute approximate surface area is 906 Å². The summed E-state index contributed by atoms with van der Waals surface area (Å²) in [6.45, 7) is 0. The van der Waals surface area contributed by atoms with Gasteiger partial charge in [0.25, 0.3) is 0 Å². The maximum atomic E-state index is 9.45. The first kappa shape index (κ1) is 55.2. The van der Waals surface area contributed by atoms with Gasteiger partial charge in [0, 0.05) is 32.3 Å². The second-order valence-electron chi connectivity index (χ2n) is 35.2. The van der Waals surface area contributed by atoms with Crippen LogP contribution in [-0.2, 0) is 0 Å². The Hall–Kier alpha value is -19.3. The van der Waals surface area contributed by atoms with Crippen molar-refractivity contribution < 1.29 is 66.7 Å². The largest absolute Gasteiger partial charge is 0.456 e. The van der Waals surface area contributed by atoms with Crippen LogP contribution < -0.4 is 0 Å². The van der Waals surface area contributed by atoms with E-state index >= 15 is 0 Å². The number of rotatable bonds is 14. The summed E-state index contributed by atoms with van der Waals surface area (Å²) in [5.74, 6) is 0. The third kappa shape index (κ3) is 15.7. The van der Waals surface area contributed by atoms with Gasteiger partial charge in [0.05, 0.1) is 53.5 Å². The molecule has 0 radical (unpaired) electrons. The first-order chi connectivity index (χ1) is 89.1. The standard InChI is InChI=1S/2C50H32O.C44H28O/c1-4-15-33(16-5-1)37-29-38(34-17-6-2-7-18-34)31-39(30-37)36-27-28-46-45(32-36)50-44(25-14-26-47(50)51-46)49-42-23-12-10-21-40(42)48(35-19-8-3-9-20-35)41-22-11-13-24-43(41)49;1-3-14-33(15-4-1)34-26-28-35(29-27-34)38-18-7-8-19-39(38)37-30-31-46-45(32-37)50-44(24-13-25-47(50)51-46)49-42-22-11-9-20-40(42)48(36-16-5-2-6-17-36)41-21-10-12-23-43(41)49;1-3-12-29(13-4-1)30-22-24-31(25-23-30)33-26-27-40-39(28-33)44-38(20-11-21-41(44)45-40)43-36-18-9-7-16-34(36)42(32-14-5-2-6-15-32)35-17-8-10-19-37(35)43/h2*1-32H;1-28H/i3D,8D,9D,10D,11D,12D,13D,19D,20D,21D,22D,23D,24D;2D,5D,6D,9D,10D,11D,12D,16D,17D,20D,21D,22D,23D;2D,5D,6D,7D,8D,9D,10D,14D,15D,16D,17D,18D,19D. The van der Waals surface area contributed by atoms with Crippen LogP contribution in [0.1, 0.15) is 53.5 Å². The third-order valence-electron chi connectivity index (χ3n) is 27.0. The van der Waals surface area contributed by atoms with E-state index in [2.05, 4.69) is 54.6 Å². The summed E-state index contributed by atoms with van der Waals surface area (Å²) in [7, 11) is 0. The molecule has 0 fully saturated rings. The SMILES string of the molecule is [2H]c1c([2H])c([2H])c(-c2c3c([2H])c([2H])c([2H])c([2H])c3c(-c3cccc4oc5ccc(-c6cc(-c7ccccc7)cc(-c7ccccc7)c6)cc5c34)c3c([2H])c([2H])c([2H])c([2H])c23)c([2H])c1[2H].[2H]c1c([2H])c([2H])c(-c2c3c([2H])c([2H])c([2H])c([2H])c3c(-c3cccc4oc5ccc(-c6ccc(-c7ccccc7)cc6)cc5c34)c3c([2H])c([2H])c([2H])c([2H])c23)c([2H])c1[2H].[2H]c1c([2H])c([2H])c(-c2c3c([2H])c([2H])c([2H])c([2H])c3c(-c3cccc4oc5ccc(-c6ccccc6-c6ccc(-c7ccccc7)cc6)cc5c34)c3c([2H])c([2H])c([2H])c([2H])c23)c([2H])c1[2H]. The summed E-state index contributed by atoms with van der Waals surface area (Å²) < 4.78 is 367. The van der Waals surface area contributed by atoms with Gasteiger partial charge in [0.2, 0.25) is 0 Å². The van der Waals surface area contributed by atoms with Crippen molar-refractivity contribution in [2.45, 2.75) is 0 Å². The van der Waals surface area contributed by atoms with Crippen molar-refractivity contribution in [2.75, 3.05) is 0 Å². The molecule has 3 aromatic heterocycles. The predicted molar refractivity (Wildman–Crippen MR) is 622 cm³/mol. The Balaban J connectivity index is 0.000000130. The van der Waals surface area contributed by atoms with Gasteiger partial charge < -0.3 is 13.3 Å². The zero-order chi connectivity index (χ0) is 131. The Bertz CT molecular complexity index is 12400. The van der Waals surface area contributed by atoms with Gasteiger partial charge in [-0.1, -0.05) is 484 Å². The average molecular weight is 1910 g/mol. The summed E-state index contributed by atoms with van der Waals surface area (Å²) in [6.07, 6.45) is 0. The Morgan fingerprint density at radius 3 is 0.619 bits per heavy atom. The predicted octanol–water partition coefficient (Wildman–Crippen LogP) is 41.0. The molecule has 29 rings (SSSR count). The van der Waals surface area contributed by atoms with Crippen LogP contribution in [0.2, 0.25) is 0 Å². The number of benzene rings is 26. The molecule has 0 aliphatic carbocycles. The van der Waals surface area contributed by atoms with Crippen molar-refractivity contribution >= 4 is 130 Å². The summed E-state index contributed by atoms with van der Waals surface area (Å²) >= 11 is 0. The molecule has 0 atom stereocenters. The average Bonchev–Trinajstić information content (AvgIpc) is 1.02. The van der Waals surface area contributed by atoms with Gasteiger partial charge >= 0.3 is 0 Å². The van der Waals surface area contributed by atoms with Gasteiger partial charge in [-0.3, -0.25) is 0 Å². The minimum absolute atomic E-state index is 0.0382. The molecule has 0 N–H and O–H groups in total. The van der Waals surface area contributed by atoms with Crippen molar-refractivity contribution in [1.29, 1.82) is 0 Å². The highest BCUT2D eigenvalue weighted by Gasteiger charge is 2.27. The molecule has 0 spiro atoms. The Morgan fingerprint density at radius 2 is 0.320 bits per heavy atom. The van der Waals surface area contributed by atoms with Crippen molar-refractivity contribution in [3.8, 4) is 156 Å². The van der Waals surface area contributed by atoms with E-state index in [9.17, 15) is 16.4 Å². The molecule has 0 saturated heterocycles. The van der Waals surface area contributed by atoms with E-state index in [0.717, 1.165) is 89.0 Å². The van der Waals surface area contributed by atoms with E-state index in [1.54, 1.807) is 54.6 Å². The van der Waals surface area contributed by atoms with Crippen molar-refractivity contribution in [1.82, 2.24) is 0 Å². The summed E-state index contributed by atoms with van der Waals surface area (Å²) in [6, 6.07) is 78.1. The molecule has 29 aromatic rings. The number of furan rings is 3. The van der Waals surface area contributed by atoms with E-state index in [1.165, 1.54) is 0 Å². The van der Waals surface area contributed by atoms with Crippen LogP contribution in [0.3, 0.4) is 0 Å². The number of fused-ring (bicyclic) bond motifs is 15. The monoisotopic (exact) mass is 1910 g/mol. The van der Waals surface area contributed by atoms with Crippen molar-refractivity contribution in [2.24, 2.45) is 0 Å². The Morgan fingerprint density at radius 1 is 0.116 bits per heavy atom. The quantitative estimate of drug-likeness (QED) is 0.102. The molecule has 3 heterocycles. The van der Waals surface area contributed by atoms with E-state index in [-0.39, 0.29) is 98.0 Å². The van der Waals surface area contributed by atoms with E-state index in [0.29, 0.717) is 82.5 Å². The molecular weight excluding hydrogens is 1780 g/mol. The summed E-state index contributed by atoms with van der Waals surface area (Å²) in [5.41, 5.74) is 17.0. The molecule has 3 nitrogen and oxygen atoms in total. The lowest BCUT2D eigenvalue weighted by molar-refractivity contribution is 0.668. The third-order valence-corrected chi connectivity index (χ3v) is 27.0. The number of hydrogen-bond acceptors (Lipinski definition) is 3. The fraction of sp³-hybridized carbons (Fsp3) is 0. The fourth-order valence-corrected chi connectivity index (χ4v) is 20.5. The minimum Gasteiger partial charge on any atom is -0.456 e. The molecule has 0 aliphatic heterocycles. The zero-order valence-corrected chi connectivity index (χ0v) is 77.3. The fourth-order valence-electron chi connectivity index (χ4n) is 20.5. The highest BCUT2D eigenvalue weighted by atomic mass is 16.3. The van der Waals surface area contributed by atoms with E-state index < -0.39 is 252 Å². The van der Waals surface area contributed by atoms with Crippen LogP contribution in [0.5, 0.6) is 0 Å². The maximum absolute atomic E-state index is 9.45. The van der Waals surface area contributed by atoms with Crippen LogP contribution in [0.15, 0.2) is 570 Å². The highest BCUT2D eigenvalue weighted by molar-refractivity contribution is 6.30. The second-order valence-corrected chi connectivity index (χ2v) is 35.2. The van der Waals surface area contributed by atoms with Crippen LogP contribution in [0, 0.1) is 0 Å². The number of hydrogen-bond donors (Lipinski definition) is 0. The summed E-state index contributed by atoms with van der Waals surface area (Å²) in [5, 5.41) is 0.835. The first-order valence-electron chi connectivity index (χ1n) is 66.8. The normalized spacial score (nSPS) is 15.3. The summed E-state index contributed by atoms with van der Waals surface area (Å²) in [4.78, 5) is 0. The molecule has 0 amide bonds. The topological polar surface area (TPSA) is 39.4 Å². The van der Waals surface area contributed by atoms with Crippen LogP contribution in [-0.4, -0.2) is 0 Å². The lowest BCUT2D eigenvalue weighted by Crippen LogP contribution is -1.91. The van der Waals surface area contributed by atoms with Gasteiger partial charge in [-0.25, -0.2) is 0 Å². The van der Waals surface area contributed by atoms with E-state index in [4.69, 9.17) is 50.3 Å². The van der Waals surface area contributed by atoms with Gasteiger partial charge in [0.1, 0.15) is 33.5 Å². The lowest BCUT2D eigenvalue weighted by atomic mass is 9.85. The molecule has 0 unspecified atom stereocenters. The van der Waals surface area contributed by atoms with Gasteiger partial charge in [-0.05, 0) is 293 Å². The van der Waals surface area contributed by atoms with Crippen molar-refractivity contribution in [3.63, 3.8) is 0 Å². The smallest absolute Gasteiger partial charge is 0.136 e. The highest BCUT2D eigenvalue weighted by Crippen LogP contribution is 2.54. The lowest BCUT2D eigenvalue weighted by Gasteiger charge is -2.18. The Kier molecular flexibility index (Phi) is 14.0. The van der Waals surface area contributed by atoms with Gasteiger partial charge in [-0.15, -0.1) is 0 Å². The molecule has 0 bridgehead atoms. The van der Waals surface area contributed by atoms with Crippen LogP contribution in [0.4, 0.5) is 0 Å². The van der Waals surface area contributed by atoms with Crippen molar-refractivity contribution in [3.05, 3.63) is 557 Å². The minimum atomic E-state index is -0.723. The van der Waals surface area contributed by atoms with Gasteiger partial charge in [-0.2, -0.15) is 0 Å². The molecule has 0 aliphatic rings. The van der Waals surface area contributed by atoms with Crippen LogP contribution >= 0.6 is 0 Å². The molecule has 147 heavy (non-hydrogen) atoms. The molecular formula is C144H92O3. The maximum Gasteiger partial charge on any atom is 0.136 e. The van der Waals surface area contributed by atoms with Crippen LogP contribution in [0.25, 0.3) is 286 Å². The molecule has 26 aromatic carbocycles. The van der Waals surface area contributed by atoms with E-state index in [1.807, 2.05) is 212 Å². The second kappa shape index (κ2) is 37.3.